The van der Waals surface area contributed by atoms with Gasteiger partial charge in [-0.25, -0.2) is 4.39 Å². The maximum atomic E-state index is 13.4. The van der Waals surface area contributed by atoms with Crippen LogP contribution in [0.5, 0.6) is 11.5 Å². The van der Waals surface area contributed by atoms with Crippen LogP contribution in [0, 0.1) is 12.7 Å². The number of benzene rings is 2. The third-order valence-electron chi connectivity index (χ3n) is 2.96. The van der Waals surface area contributed by atoms with Crippen molar-refractivity contribution in [2.24, 2.45) is 5.73 Å². The highest BCUT2D eigenvalue weighted by Crippen LogP contribution is 2.38. The van der Waals surface area contributed by atoms with E-state index in [0.29, 0.717) is 11.1 Å². The van der Waals surface area contributed by atoms with Gasteiger partial charge in [-0.2, -0.15) is 13.2 Å². The molecule has 0 unspecified atom stereocenters. The maximum Gasteiger partial charge on any atom is 0.419 e. The monoisotopic (exact) mass is 299 g/mol. The standard InChI is InChI=1S/C15H13F4NO/c1-9-2-4-11(7-13(9)16)21-14-5-3-10(8-20)6-12(14)15(17,18)19/h2-7H,8,20H2,1H3. The first-order valence-electron chi connectivity index (χ1n) is 6.15. The van der Waals surface area contributed by atoms with Gasteiger partial charge >= 0.3 is 6.18 Å². The lowest BCUT2D eigenvalue weighted by atomic mass is 10.1. The minimum absolute atomic E-state index is 0.00379. The largest absolute Gasteiger partial charge is 0.457 e. The van der Waals surface area contributed by atoms with Crippen molar-refractivity contribution in [2.75, 3.05) is 0 Å². The molecule has 21 heavy (non-hydrogen) atoms. The molecular weight excluding hydrogens is 286 g/mol. The van der Waals surface area contributed by atoms with E-state index in [2.05, 4.69) is 0 Å². The Morgan fingerprint density at radius 1 is 1.10 bits per heavy atom. The summed E-state index contributed by atoms with van der Waals surface area (Å²) in [4.78, 5) is 0. The molecule has 2 aromatic carbocycles. The summed E-state index contributed by atoms with van der Waals surface area (Å²) < 4.78 is 57.6. The third kappa shape index (κ3) is 3.52. The third-order valence-corrected chi connectivity index (χ3v) is 2.96. The number of hydrogen-bond acceptors (Lipinski definition) is 2. The number of alkyl halides is 3. The fraction of sp³-hybridized carbons (Fsp3) is 0.200. The van der Waals surface area contributed by atoms with Crippen molar-refractivity contribution in [3.8, 4) is 11.5 Å². The molecule has 0 bridgehead atoms. The Balaban J connectivity index is 2.41. The van der Waals surface area contributed by atoms with E-state index in [0.717, 1.165) is 12.1 Å². The number of rotatable bonds is 3. The molecular formula is C15H13F4NO. The summed E-state index contributed by atoms with van der Waals surface area (Å²) >= 11 is 0. The fourth-order valence-corrected chi connectivity index (χ4v) is 1.78. The Hall–Kier alpha value is -2.08. The summed E-state index contributed by atoms with van der Waals surface area (Å²) in [5.74, 6) is -0.924. The Morgan fingerprint density at radius 3 is 2.38 bits per heavy atom. The SMILES string of the molecule is Cc1ccc(Oc2ccc(CN)cc2C(F)(F)F)cc1F. The fourth-order valence-electron chi connectivity index (χ4n) is 1.78. The highest BCUT2D eigenvalue weighted by atomic mass is 19.4. The van der Waals surface area contributed by atoms with Crippen LogP contribution >= 0.6 is 0 Å². The van der Waals surface area contributed by atoms with Crippen LogP contribution in [0.1, 0.15) is 16.7 Å². The van der Waals surface area contributed by atoms with Gasteiger partial charge in [0.25, 0.3) is 0 Å². The smallest absolute Gasteiger partial charge is 0.419 e. The molecule has 2 aromatic rings. The number of hydrogen-bond donors (Lipinski definition) is 1. The van der Waals surface area contributed by atoms with Crippen molar-refractivity contribution < 1.29 is 22.3 Å². The molecule has 0 aliphatic carbocycles. The summed E-state index contributed by atoms with van der Waals surface area (Å²) in [6.45, 7) is 1.54. The second kappa shape index (κ2) is 5.73. The van der Waals surface area contributed by atoms with Gasteiger partial charge in [0, 0.05) is 12.6 Å². The van der Waals surface area contributed by atoms with Gasteiger partial charge in [0.15, 0.2) is 0 Å². The Bertz CT molecular complexity index is 653. The minimum atomic E-state index is -4.58. The molecule has 0 radical (unpaired) electrons. The molecule has 2 nitrogen and oxygen atoms in total. The van der Waals surface area contributed by atoms with Crippen LogP contribution in [-0.4, -0.2) is 0 Å². The average Bonchev–Trinajstić information content (AvgIpc) is 2.42. The van der Waals surface area contributed by atoms with Crippen molar-refractivity contribution in [2.45, 2.75) is 19.6 Å². The van der Waals surface area contributed by atoms with Crippen molar-refractivity contribution in [1.29, 1.82) is 0 Å². The molecule has 6 heteroatoms. The van der Waals surface area contributed by atoms with Crippen LogP contribution in [0.25, 0.3) is 0 Å². The summed E-state index contributed by atoms with van der Waals surface area (Å²) in [7, 11) is 0. The van der Waals surface area contributed by atoms with Gasteiger partial charge < -0.3 is 10.5 Å². The molecule has 2 rings (SSSR count). The van der Waals surface area contributed by atoms with E-state index in [9.17, 15) is 17.6 Å². The zero-order valence-electron chi connectivity index (χ0n) is 11.2. The normalized spacial score (nSPS) is 11.5. The van der Waals surface area contributed by atoms with E-state index in [4.69, 9.17) is 10.5 Å². The second-order valence-corrected chi connectivity index (χ2v) is 4.55. The lowest BCUT2D eigenvalue weighted by molar-refractivity contribution is -0.138. The first-order valence-corrected chi connectivity index (χ1v) is 6.15. The van der Waals surface area contributed by atoms with Crippen LogP contribution in [0.4, 0.5) is 17.6 Å². The molecule has 0 aromatic heterocycles. The topological polar surface area (TPSA) is 35.2 Å². The quantitative estimate of drug-likeness (QED) is 0.852. The van der Waals surface area contributed by atoms with Crippen molar-refractivity contribution >= 4 is 0 Å². The molecule has 0 aliphatic rings. The first-order chi connectivity index (χ1) is 9.81. The zero-order chi connectivity index (χ0) is 15.6. The first kappa shape index (κ1) is 15.3. The van der Waals surface area contributed by atoms with Crippen LogP contribution in [0.3, 0.4) is 0 Å². The van der Waals surface area contributed by atoms with Gasteiger partial charge in [-0.1, -0.05) is 12.1 Å². The molecule has 2 N–H and O–H groups in total. The van der Waals surface area contributed by atoms with Crippen LogP contribution < -0.4 is 10.5 Å². The lowest BCUT2D eigenvalue weighted by Crippen LogP contribution is -2.09. The highest BCUT2D eigenvalue weighted by molar-refractivity contribution is 5.42. The van der Waals surface area contributed by atoms with Gasteiger partial charge in [-0.3, -0.25) is 0 Å². The predicted octanol–water partition coefficient (Wildman–Crippen LogP) is 4.40. The number of ether oxygens (including phenoxy) is 1. The Labute approximate surface area is 119 Å². The maximum absolute atomic E-state index is 13.4. The number of nitrogens with two attached hydrogens (primary N) is 1. The summed E-state index contributed by atoms with van der Waals surface area (Å²) in [6, 6.07) is 7.45. The van der Waals surface area contributed by atoms with Crippen molar-refractivity contribution in [3.05, 3.63) is 58.9 Å². The molecule has 0 spiro atoms. The zero-order valence-corrected chi connectivity index (χ0v) is 11.2. The van der Waals surface area contributed by atoms with E-state index in [1.165, 1.54) is 24.3 Å². The van der Waals surface area contributed by atoms with Gasteiger partial charge in [-0.15, -0.1) is 0 Å². The van der Waals surface area contributed by atoms with E-state index >= 15 is 0 Å². The molecule has 112 valence electrons. The summed E-state index contributed by atoms with van der Waals surface area (Å²) in [5, 5.41) is 0. The molecule has 0 atom stereocenters. The van der Waals surface area contributed by atoms with Crippen LogP contribution in [0.2, 0.25) is 0 Å². The molecule has 0 saturated carbocycles. The predicted molar refractivity (Wildman–Crippen MR) is 70.5 cm³/mol. The minimum Gasteiger partial charge on any atom is -0.457 e. The molecule has 0 aliphatic heterocycles. The lowest BCUT2D eigenvalue weighted by Gasteiger charge is -2.15. The van der Waals surface area contributed by atoms with Gasteiger partial charge in [0.1, 0.15) is 17.3 Å². The Morgan fingerprint density at radius 2 is 1.81 bits per heavy atom. The average molecular weight is 299 g/mol. The summed E-state index contributed by atoms with van der Waals surface area (Å²) in [5.41, 5.74) is 5.13. The second-order valence-electron chi connectivity index (χ2n) is 4.55. The van der Waals surface area contributed by atoms with Crippen molar-refractivity contribution in [3.63, 3.8) is 0 Å². The Kier molecular flexibility index (Phi) is 4.18. The molecule has 0 heterocycles. The van der Waals surface area contributed by atoms with Crippen molar-refractivity contribution in [1.82, 2.24) is 0 Å². The number of halogens is 4. The van der Waals surface area contributed by atoms with Gasteiger partial charge in [-0.05, 0) is 36.2 Å². The number of aryl methyl sites for hydroxylation is 1. The van der Waals surface area contributed by atoms with Gasteiger partial charge in [0.2, 0.25) is 0 Å². The van der Waals surface area contributed by atoms with Gasteiger partial charge in [0.05, 0.1) is 5.56 Å². The van der Waals surface area contributed by atoms with E-state index in [1.807, 2.05) is 0 Å². The van der Waals surface area contributed by atoms with Crippen LogP contribution in [-0.2, 0) is 12.7 Å². The van der Waals surface area contributed by atoms with E-state index < -0.39 is 17.6 Å². The van der Waals surface area contributed by atoms with Crippen LogP contribution in [0.15, 0.2) is 36.4 Å². The summed E-state index contributed by atoms with van der Waals surface area (Å²) in [6.07, 6.45) is -4.58. The molecule has 0 fully saturated rings. The highest BCUT2D eigenvalue weighted by Gasteiger charge is 2.34. The molecule has 0 amide bonds. The molecule has 0 saturated heterocycles. The van der Waals surface area contributed by atoms with E-state index in [1.54, 1.807) is 6.92 Å². The van der Waals surface area contributed by atoms with E-state index in [-0.39, 0.29) is 18.0 Å².